The van der Waals surface area contributed by atoms with Crippen LogP contribution in [0.1, 0.15) is 158 Å². The molecule has 0 heterocycles. The lowest BCUT2D eigenvalue weighted by atomic mass is 9.64. The number of ether oxygens (including phenoxy) is 1. The van der Waals surface area contributed by atoms with Crippen LogP contribution in [0.25, 0.3) is 0 Å². The maximum atomic E-state index is 13.3. The van der Waals surface area contributed by atoms with Crippen LogP contribution < -0.4 is 15.4 Å². The predicted octanol–water partition coefficient (Wildman–Crippen LogP) is 12.0. The van der Waals surface area contributed by atoms with Gasteiger partial charge in [-0.25, -0.2) is 0 Å². The van der Waals surface area contributed by atoms with Crippen molar-refractivity contribution in [1.82, 2.24) is 10.6 Å². The van der Waals surface area contributed by atoms with E-state index in [4.69, 9.17) is 4.74 Å². The molecule has 6 heteroatoms. The van der Waals surface area contributed by atoms with Crippen LogP contribution in [0.3, 0.4) is 0 Å². The fraction of sp³-hybridized carbons (Fsp3) is 0.674. The molecule has 0 spiro atoms. The summed E-state index contributed by atoms with van der Waals surface area (Å²) in [5.74, 6) is 2.49. The Morgan fingerprint density at radius 1 is 0.942 bits per heavy atom. The number of nitrogens with zero attached hydrogens (tertiary/aromatic N) is 1. The first kappa shape index (κ1) is 47.0. The number of carbonyl (C=O) groups is 2. The van der Waals surface area contributed by atoms with Crippen LogP contribution >= 0.6 is 0 Å². The number of ketones is 1. The van der Waals surface area contributed by atoms with E-state index in [0.717, 1.165) is 60.6 Å². The maximum absolute atomic E-state index is 13.3. The number of nitrogens with one attached hydrogen (secondary N) is 2. The topological polar surface area (TPSA) is 79.8 Å². The molecule has 1 atom stereocenters. The lowest BCUT2D eigenvalue weighted by molar-refractivity contribution is -0.148. The van der Waals surface area contributed by atoms with Gasteiger partial charge in [0.1, 0.15) is 23.6 Å². The molecule has 0 aromatic heterocycles. The van der Waals surface area contributed by atoms with Gasteiger partial charge in [0.05, 0.1) is 11.7 Å². The summed E-state index contributed by atoms with van der Waals surface area (Å²) in [4.78, 5) is 30.7. The fourth-order valence-electron chi connectivity index (χ4n) is 6.41. The van der Waals surface area contributed by atoms with Crippen molar-refractivity contribution in [3.63, 3.8) is 0 Å². The van der Waals surface area contributed by atoms with E-state index in [1.807, 2.05) is 96.3 Å². The monoisotopic (exact) mass is 720 g/mol. The number of unbranched alkanes of at least 4 members (excludes halogenated alkanes) is 1. The second-order valence-electron chi connectivity index (χ2n) is 15.7. The Labute approximate surface area is 319 Å². The summed E-state index contributed by atoms with van der Waals surface area (Å²) in [6.07, 6.45) is 12.4. The number of rotatable bonds is 18. The highest BCUT2D eigenvalue weighted by atomic mass is 16.5. The van der Waals surface area contributed by atoms with Crippen molar-refractivity contribution < 1.29 is 14.3 Å². The first-order chi connectivity index (χ1) is 24.8. The molecule has 4 rings (SSSR count). The number of benzene rings is 2. The molecule has 0 radical (unpaired) electrons. The molecule has 1 unspecified atom stereocenters. The smallest absolute Gasteiger partial charge is 0.234 e. The fourth-order valence-corrected chi connectivity index (χ4v) is 6.41. The summed E-state index contributed by atoms with van der Waals surface area (Å²) in [5.41, 5.74) is 2.92. The average Bonchev–Trinajstić information content (AvgIpc) is 3.97. The number of aryl methyl sites for hydroxylation is 1. The summed E-state index contributed by atoms with van der Waals surface area (Å²) in [6, 6.07) is 15.8. The Morgan fingerprint density at radius 3 is 2.04 bits per heavy atom. The van der Waals surface area contributed by atoms with Crippen molar-refractivity contribution in [2.75, 3.05) is 7.05 Å². The van der Waals surface area contributed by atoms with E-state index < -0.39 is 5.41 Å². The average molecular weight is 720 g/mol. The predicted molar refractivity (Wildman–Crippen MR) is 224 cm³/mol. The molecule has 0 saturated heterocycles. The van der Waals surface area contributed by atoms with Gasteiger partial charge in [0.15, 0.2) is 0 Å². The highest BCUT2D eigenvalue weighted by Crippen LogP contribution is 2.50. The second-order valence-corrected chi connectivity index (χ2v) is 15.7. The zero-order chi connectivity index (χ0) is 39.4. The van der Waals surface area contributed by atoms with Gasteiger partial charge in [-0.1, -0.05) is 118 Å². The highest BCUT2D eigenvalue weighted by molar-refractivity contribution is 6.07. The summed E-state index contributed by atoms with van der Waals surface area (Å²) in [5, 5.41) is 6.59. The van der Waals surface area contributed by atoms with Gasteiger partial charge in [-0.15, -0.1) is 0 Å². The molecule has 1 amide bonds. The van der Waals surface area contributed by atoms with Crippen molar-refractivity contribution in [3.8, 4) is 5.75 Å². The van der Waals surface area contributed by atoms with Crippen LogP contribution in [0, 0.1) is 29.6 Å². The van der Waals surface area contributed by atoms with E-state index in [2.05, 4.69) is 64.2 Å². The van der Waals surface area contributed by atoms with E-state index in [-0.39, 0.29) is 23.3 Å². The number of hydrogen-bond acceptors (Lipinski definition) is 5. The lowest BCUT2D eigenvalue weighted by Gasteiger charge is -2.42. The Bertz CT molecular complexity index is 1320. The maximum Gasteiger partial charge on any atom is 0.234 e. The Hall–Kier alpha value is -2.99. The Balaban J connectivity index is 0.000000756. The zero-order valence-electron chi connectivity index (χ0n) is 35.6. The van der Waals surface area contributed by atoms with Crippen molar-refractivity contribution >= 4 is 23.6 Å². The minimum Gasteiger partial charge on any atom is -0.489 e. The van der Waals surface area contributed by atoms with Gasteiger partial charge in [-0.2, -0.15) is 0 Å². The van der Waals surface area contributed by atoms with E-state index >= 15 is 0 Å². The summed E-state index contributed by atoms with van der Waals surface area (Å²) in [6.45, 7) is 26.3. The SMILES string of the molecule is CC.CC.CCCC(=O)C1(C(=O)NC(C=Nc2ccc(COc3ccccc3C)cc2)CCCCC(C)C)CCC1.CNC(C)(C)C(C)(C)C1CC1. The number of amides is 1. The van der Waals surface area contributed by atoms with Crippen molar-refractivity contribution in [1.29, 1.82) is 0 Å². The number of aliphatic imine (C=N–C) groups is 1. The Morgan fingerprint density at radius 2 is 1.54 bits per heavy atom. The first-order valence-corrected chi connectivity index (χ1v) is 20.6. The summed E-state index contributed by atoms with van der Waals surface area (Å²) in [7, 11) is 2.06. The minimum absolute atomic E-state index is 0.0951. The third-order valence-electron chi connectivity index (χ3n) is 11.2. The van der Waals surface area contributed by atoms with Gasteiger partial charge in [0.2, 0.25) is 5.91 Å². The van der Waals surface area contributed by atoms with E-state index in [1.165, 1.54) is 19.3 Å². The molecule has 6 nitrogen and oxygen atoms in total. The van der Waals surface area contributed by atoms with E-state index in [9.17, 15) is 9.59 Å². The van der Waals surface area contributed by atoms with E-state index in [1.54, 1.807) is 0 Å². The van der Waals surface area contributed by atoms with Gasteiger partial charge >= 0.3 is 0 Å². The molecule has 2 N–H and O–H groups in total. The van der Waals surface area contributed by atoms with Gasteiger partial charge in [0.25, 0.3) is 0 Å². The molecule has 2 aromatic carbocycles. The molecule has 2 aliphatic rings. The normalized spacial score (nSPS) is 15.5. The molecule has 2 aromatic rings. The van der Waals surface area contributed by atoms with Crippen molar-refractivity contribution in [2.24, 2.45) is 27.7 Å². The third-order valence-corrected chi connectivity index (χ3v) is 11.2. The van der Waals surface area contributed by atoms with Gasteiger partial charge < -0.3 is 15.4 Å². The number of hydrogen-bond donors (Lipinski definition) is 2. The molecule has 0 bridgehead atoms. The molecule has 2 saturated carbocycles. The number of Topliss-reactive ketones (excluding diaryl/α,β-unsaturated/α-hetero) is 1. The van der Waals surface area contributed by atoms with Crippen LogP contribution in [-0.2, 0) is 16.2 Å². The molecular weight excluding hydrogens is 643 g/mol. The van der Waals surface area contributed by atoms with Crippen molar-refractivity contribution in [3.05, 3.63) is 59.7 Å². The molecule has 2 fully saturated rings. The molecule has 2 aliphatic carbocycles. The molecular formula is C46H77N3O3. The number of carbonyl (C=O) groups excluding carboxylic acids is 2. The first-order valence-electron chi connectivity index (χ1n) is 20.6. The lowest BCUT2D eigenvalue weighted by Crippen LogP contribution is -2.53. The van der Waals surface area contributed by atoms with Gasteiger partial charge in [-0.05, 0) is 113 Å². The van der Waals surface area contributed by atoms with Crippen molar-refractivity contribution in [2.45, 2.75) is 172 Å². The number of para-hydroxylation sites is 1. The van der Waals surface area contributed by atoms with Gasteiger partial charge in [0, 0.05) is 18.2 Å². The van der Waals surface area contributed by atoms with Crippen LogP contribution in [0.2, 0.25) is 0 Å². The molecule has 294 valence electrons. The standard InChI is InChI=1S/C32H44N2O3.C10H21N.2C2H6/c1-5-11-30(35)32(20-10-21-32)31(36)34-28(14-8-6-12-24(2)3)22-33-27-18-16-26(17-19-27)23-37-29-15-9-7-13-25(29)4;1-9(2,8-6-7-8)10(3,4)11-5;2*1-2/h7,9,13,15-19,22,24,28H,5-6,8,10-12,14,20-21,23H2,1-4H3,(H,34,36);8,11H,6-7H2,1-5H3;2*1-2H3. The largest absolute Gasteiger partial charge is 0.489 e. The second kappa shape index (κ2) is 23.6. The summed E-state index contributed by atoms with van der Waals surface area (Å²) >= 11 is 0. The zero-order valence-corrected chi connectivity index (χ0v) is 35.6. The summed E-state index contributed by atoms with van der Waals surface area (Å²) < 4.78 is 5.95. The third kappa shape index (κ3) is 14.4. The highest BCUT2D eigenvalue weighted by Gasteiger charge is 2.50. The van der Waals surface area contributed by atoms with E-state index in [0.29, 0.717) is 37.2 Å². The van der Waals surface area contributed by atoms with Crippen LogP contribution in [0.4, 0.5) is 5.69 Å². The minimum atomic E-state index is -0.821. The van der Waals surface area contributed by atoms with Gasteiger partial charge in [-0.3, -0.25) is 14.6 Å². The molecule has 52 heavy (non-hydrogen) atoms. The van der Waals surface area contributed by atoms with Crippen LogP contribution in [0.5, 0.6) is 5.75 Å². The van der Waals surface area contributed by atoms with Crippen LogP contribution in [-0.4, -0.2) is 36.5 Å². The molecule has 0 aliphatic heterocycles. The van der Waals surface area contributed by atoms with Crippen LogP contribution in [0.15, 0.2) is 53.5 Å². The Kier molecular flexibility index (Phi) is 21.4. The quantitative estimate of drug-likeness (QED) is 0.0913.